The lowest BCUT2D eigenvalue weighted by Gasteiger charge is -2.31. The number of rotatable bonds is 17. The molecule has 13 heteroatoms. The van der Waals surface area contributed by atoms with E-state index in [-0.39, 0.29) is 43.4 Å². The molecular weight excluding hydrogens is 666 g/mol. The predicted molar refractivity (Wildman–Crippen MR) is 194 cm³/mol. The molecular formula is C39H47N5O8. The molecule has 1 heterocycles. The highest BCUT2D eigenvalue weighted by Crippen LogP contribution is 2.13. The van der Waals surface area contributed by atoms with Gasteiger partial charge in [0.1, 0.15) is 18.1 Å². The van der Waals surface area contributed by atoms with E-state index in [1.165, 1.54) is 0 Å². The van der Waals surface area contributed by atoms with Crippen LogP contribution in [0.5, 0.6) is 0 Å². The third-order valence-electron chi connectivity index (χ3n) is 8.40. The molecule has 2 unspecified atom stereocenters. The number of aliphatic carboxylic acids is 1. The van der Waals surface area contributed by atoms with Gasteiger partial charge in [0.2, 0.25) is 29.5 Å². The fraction of sp³-hybridized carbons (Fsp3) is 0.385. The molecule has 52 heavy (non-hydrogen) atoms. The lowest BCUT2D eigenvalue weighted by atomic mass is 10.0. The molecule has 0 spiro atoms. The van der Waals surface area contributed by atoms with Crippen molar-refractivity contribution in [3.8, 4) is 0 Å². The van der Waals surface area contributed by atoms with Crippen molar-refractivity contribution in [2.75, 3.05) is 31.6 Å². The van der Waals surface area contributed by atoms with Crippen LogP contribution in [0.15, 0.2) is 84.9 Å². The first kappa shape index (κ1) is 39.2. The summed E-state index contributed by atoms with van der Waals surface area (Å²) in [6.45, 7) is 5.14. The Morgan fingerprint density at radius 1 is 0.673 bits per heavy atom. The molecule has 13 nitrogen and oxygen atoms in total. The zero-order valence-corrected chi connectivity index (χ0v) is 29.5. The van der Waals surface area contributed by atoms with E-state index in [0.29, 0.717) is 37.6 Å². The van der Waals surface area contributed by atoms with Crippen molar-refractivity contribution in [3.63, 3.8) is 0 Å². The molecule has 3 atom stereocenters. The van der Waals surface area contributed by atoms with Gasteiger partial charge in [-0.15, -0.1) is 0 Å². The summed E-state index contributed by atoms with van der Waals surface area (Å²) in [5.41, 5.74) is 2.88. The molecule has 0 aromatic heterocycles. The van der Waals surface area contributed by atoms with E-state index in [9.17, 15) is 33.9 Å². The van der Waals surface area contributed by atoms with Gasteiger partial charge in [-0.1, -0.05) is 86.6 Å². The van der Waals surface area contributed by atoms with Crippen LogP contribution in [0.4, 0.5) is 5.69 Å². The Balaban J connectivity index is 1.39. The fourth-order valence-electron chi connectivity index (χ4n) is 5.81. The largest absolute Gasteiger partial charge is 0.481 e. The number of anilines is 1. The highest BCUT2D eigenvalue weighted by Gasteiger charge is 2.33. The number of nitrogens with one attached hydrogen (secondary N) is 4. The highest BCUT2D eigenvalue weighted by atomic mass is 16.5. The molecule has 1 saturated heterocycles. The first-order valence-corrected chi connectivity index (χ1v) is 17.4. The summed E-state index contributed by atoms with van der Waals surface area (Å²) in [7, 11) is 0. The minimum Gasteiger partial charge on any atom is -0.481 e. The molecule has 276 valence electrons. The van der Waals surface area contributed by atoms with Gasteiger partial charge in [-0.25, -0.2) is 0 Å². The Labute approximate surface area is 303 Å². The number of hydrogen-bond donors (Lipinski definition) is 5. The van der Waals surface area contributed by atoms with Gasteiger partial charge in [0, 0.05) is 25.2 Å². The molecule has 3 aromatic carbocycles. The van der Waals surface area contributed by atoms with Gasteiger partial charge < -0.3 is 36.0 Å². The van der Waals surface area contributed by atoms with Crippen molar-refractivity contribution in [1.82, 2.24) is 20.9 Å². The molecule has 1 fully saturated rings. The van der Waals surface area contributed by atoms with Crippen molar-refractivity contribution < 1.29 is 38.6 Å². The maximum absolute atomic E-state index is 13.6. The minimum absolute atomic E-state index is 0.0389. The highest BCUT2D eigenvalue weighted by molar-refractivity contribution is 5.96. The third kappa shape index (κ3) is 13.0. The van der Waals surface area contributed by atoms with Crippen molar-refractivity contribution in [2.45, 2.75) is 64.1 Å². The van der Waals surface area contributed by atoms with Crippen molar-refractivity contribution in [2.24, 2.45) is 5.92 Å². The number of amides is 5. The summed E-state index contributed by atoms with van der Waals surface area (Å²) >= 11 is 0. The first-order valence-electron chi connectivity index (χ1n) is 17.4. The van der Waals surface area contributed by atoms with E-state index in [4.69, 9.17) is 4.74 Å². The molecule has 1 aliphatic rings. The van der Waals surface area contributed by atoms with E-state index < -0.39 is 48.2 Å². The summed E-state index contributed by atoms with van der Waals surface area (Å²) in [4.78, 5) is 79.7. The number of carbonyl (C=O) groups excluding carboxylic acids is 5. The number of hydrogen-bond acceptors (Lipinski definition) is 7. The maximum Gasteiger partial charge on any atom is 0.305 e. The van der Waals surface area contributed by atoms with Crippen LogP contribution in [0, 0.1) is 5.92 Å². The number of nitrogens with zero attached hydrogens (tertiary/aromatic N) is 1. The van der Waals surface area contributed by atoms with Gasteiger partial charge in [0.25, 0.3) is 0 Å². The number of benzene rings is 3. The average Bonchev–Trinajstić information content (AvgIpc) is 3.12. The second kappa shape index (κ2) is 19.7. The molecule has 5 N–H and O–H groups in total. The molecule has 5 amide bonds. The zero-order valence-electron chi connectivity index (χ0n) is 29.5. The number of ether oxygens (including phenoxy) is 1. The van der Waals surface area contributed by atoms with E-state index in [1.54, 1.807) is 29.2 Å². The van der Waals surface area contributed by atoms with E-state index in [0.717, 1.165) is 11.1 Å². The molecule has 0 saturated carbocycles. The fourth-order valence-corrected chi connectivity index (χ4v) is 5.81. The van der Waals surface area contributed by atoms with Crippen molar-refractivity contribution in [3.05, 3.63) is 102 Å². The van der Waals surface area contributed by atoms with Gasteiger partial charge in [0.05, 0.1) is 32.5 Å². The quantitative estimate of drug-likeness (QED) is 0.141. The van der Waals surface area contributed by atoms with Gasteiger partial charge in [-0.05, 0) is 41.2 Å². The second-order valence-electron chi connectivity index (χ2n) is 13.2. The van der Waals surface area contributed by atoms with E-state index >= 15 is 0 Å². The standard InChI is InChI=1S/C39H47N5O8/c1-26(2)21-31(41-35(46)24-29-13-15-30(16-14-29)40-34(45)23-28-11-7-4-8-12-28)37(49)42-32(25-36(47)48)38(50)43-33(22-27-9-5-3-6-10-27)39(51)44-17-19-52-20-18-44/h3-16,26,31-33H,17-25H2,1-2H3,(H,40,45)(H,41,46)(H,42,49)(H,43,50)(H,47,48)/t31?,32-,33?/m0/s1. The minimum atomic E-state index is -1.52. The van der Waals surface area contributed by atoms with E-state index in [1.807, 2.05) is 74.5 Å². The van der Waals surface area contributed by atoms with Gasteiger partial charge in [-0.3, -0.25) is 28.8 Å². The van der Waals surface area contributed by atoms with Crippen LogP contribution >= 0.6 is 0 Å². The summed E-state index contributed by atoms with van der Waals surface area (Å²) in [5, 5.41) is 20.4. The van der Waals surface area contributed by atoms with E-state index in [2.05, 4.69) is 21.3 Å². The molecule has 4 rings (SSSR count). The average molecular weight is 714 g/mol. The number of morpholine rings is 1. The molecule has 0 bridgehead atoms. The zero-order chi connectivity index (χ0) is 37.5. The van der Waals surface area contributed by atoms with Gasteiger partial charge >= 0.3 is 5.97 Å². The van der Waals surface area contributed by atoms with Crippen LogP contribution in [0.3, 0.4) is 0 Å². The number of carboxylic acid groups (broad SMARTS) is 1. The third-order valence-corrected chi connectivity index (χ3v) is 8.40. The summed E-state index contributed by atoms with van der Waals surface area (Å²) in [5.74, 6) is -3.90. The Morgan fingerprint density at radius 3 is 1.81 bits per heavy atom. The molecule has 0 radical (unpaired) electrons. The lowest BCUT2D eigenvalue weighted by Crippen LogP contribution is -2.58. The smallest absolute Gasteiger partial charge is 0.305 e. The normalized spacial score (nSPS) is 14.4. The van der Waals surface area contributed by atoms with Crippen LogP contribution in [0.25, 0.3) is 0 Å². The van der Waals surface area contributed by atoms with Gasteiger partial charge in [-0.2, -0.15) is 0 Å². The lowest BCUT2D eigenvalue weighted by molar-refractivity contribution is -0.143. The first-order chi connectivity index (χ1) is 25.0. The van der Waals surface area contributed by atoms with Gasteiger partial charge in [0.15, 0.2) is 0 Å². The van der Waals surface area contributed by atoms with Crippen LogP contribution in [0.1, 0.15) is 43.4 Å². The van der Waals surface area contributed by atoms with Crippen LogP contribution in [0.2, 0.25) is 0 Å². The number of carbonyl (C=O) groups is 6. The second-order valence-corrected chi connectivity index (χ2v) is 13.2. The van der Waals surface area contributed by atoms with Crippen molar-refractivity contribution in [1.29, 1.82) is 0 Å². The Bertz CT molecular complexity index is 1660. The summed E-state index contributed by atoms with van der Waals surface area (Å²) in [6, 6.07) is 21.6. The number of carboxylic acids is 1. The monoisotopic (exact) mass is 713 g/mol. The molecule has 1 aliphatic heterocycles. The Morgan fingerprint density at radius 2 is 1.21 bits per heavy atom. The topological polar surface area (TPSA) is 183 Å². The molecule has 3 aromatic rings. The Kier molecular flexibility index (Phi) is 14.9. The van der Waals surface area contributed by atoms with Crippen LogP contribution in [-0.2, 0) is 52.8 Å². The predicted octanol–water partition coefficient (Wildman–Crippen LogP) is 2.49. The molecule has 0 aliphatic carbocycles. The summed E-state index contributed by atoms with van der Waals surface area (Å²) < 4.78 is 5.36. The summed E-state index contributed by atoms with van der Waals surface area (Å²) in [6.07, 6.45) is -0.205. The Hall–Kier alpha value is -5.56. The van der Waals surface area contributed by atoms with Crippen LogP contribution < -0.4 is 21.3 Å². The maximum atomic E-state index is 13.6. The van der Waals surface area contributed by atoms with Crippen molar-refractivity contribution >= 4 is 41.2 Å². The SMILES string of the molecule is CC(C)CC(NC(=O)Cc1ccc(NC(=O)Cc2ccccc2)cc1)C(=O)N[C@@H](CC(=O)O)C(=O)NC(Cc1ccccc1)C(=O)N1CCOCC1. The van der Waals surface area contributed by atoms with Crippen LogP contribution in [-0.4, -0.2) is 89.9 Å².